The van der Waals surface area contributed by atoms with E-state index < -0.39 is 0 Å². The van der Waals surface area contributed by atoms with Crippen molar-refractivity contribution in [3.05, 3.63) is 29.1 Å². The quantitative estimate of drug-likeness (QED) is 0.867. The van der Waals surface area contributed by atoms with Crippen molar-refractivity contribution in [2.45, 2.75) is 45.8 Å². The van der Waals surface area contributed by atoms with Crippen molar-refractivity contribution in [1.82, 2.24) is 5.32 Å². The average molecular weight is 237 g/mol. The van der Waals surface area contributed by atoms with Gasteiger partial charge in [0.2, 0.25) is 0 Å². The third kappa shape index (κ3) is 2.16. The van der Waals surface area contributed by atoms with E-state index in [2.05, 4.69) is 19.2 Å². The van der Waals surface area contributed by atoms with Crippen LogP contribution in [-0.2, 0) is 0 Å². The summed E-state index contributed by atoms with van der Waals surface area (Å²) in [6.07, 6.45) is 2.05. The van der Waals surface area contributed by atoms with Gasteiger partial charge in [-0.3, -0.25) is 0 Å². The van der Waals surface area contributed by atoms with Crippen LogP contribution in [-0.4, -0.2) is 12.6 Å². The second kappa shape index (κ2) is 5.05. The molecule has 0 bridgehead atoms. The van der Waals surface area contributed by atoms with Crippen molar-refractivity contribution in [2.24, 2.45) is 0 Å². The third-order valence-electron chi connectivity index (χ3n) is 3.29. The van der Waals surface area contributed by atoms with Gasteiger partial charge in [0.1, 0.15) is 6.10 Å². The summed E-state index contributed by atoms with van der Waals surface area (Å²) in [6, 6.07) is 3.94. The number of benzene rings is 1. The fourth-order valence-electron chi connectivity index (χ4n) is 2.43. The molecule has 17 heavy (non-hydrogen) atoms. The minimum absolute atomic E-state index is 0.0613. The topological polar surface area (TPSA) is 21.3 Å². The Labute approximate surface area is 102 Å². The molecular formula is C14H20FNO. The number of nitrogens with one attached hydrogen (secondary N) is 1. The summed E-state index contributed by atoms with van der Waals surface area (Å²) < 4.78 is 19.8. The second-order valence-corrected chi connectivity index (χ2v) is 4.60. The van der Waals surface area contributed by atoms with Crippen molar-refractivity contribution in [1.29, 1.82) is 0 Å². The predicted octanol–water partition coefficient (Wildman–Crippen LogP) is 3.35. The van der Waals surface area contributed by atoms with Gasteiger partial charge in [-0.1, -0.05) is 32.4 Å². The Morgan fingerprint density at radius 1 is 1.35 bits per heavy atom. The molecule has 0 amide bonds. The SMILES string of the molecule is CCCC1Oc2c(ccc(C)c2F)C1NCC. The zero-order chi connectivity index (χ0) is 12.4. The fraction of sp³-hybridized carbons (Fsp3) is 0.571. The van der Waals surface area contributed by atoms with Gasteiger partial charge < -0.3 is 10.1 Å². The fourth-order valence-corrected chi connectivity index (χ4v) is 2.43. The van der Waals surface area contributed by atoms with Crippen LogP contribution < -0.4 is 10.1 Å². The van der Waals surface area contributed by atoms with Crippen LogP contribution in [0, 0.1) is 12.7 Å². The zero-order valence-corrected chi connectivity index (χ0v) is 10.7. The van der Waals surface area contributed by atoms with Crippen LogP contribution in [0.15, 0.2) is 12.1 Å². The lowest BCUT2D eigenvalue weighted by Crippen LogP contribution is -2.30. The second-order valence-electron chi connectivity index (χ2n) is 4.60. The maximum absolute atomic E-state index is 14.0. The number of likely N-dealkylation sites (N-methyl/N-ethyl adjacent to an activating group) is 1. The Morgan fingerprint density at radius 3 is 2.76 bits per heavy atom. The molecule has 1 aromatic carbocycles. The number of ether oxygens (including phenoxy) is 1. The van der Waals surface area contributed by atoms with Gasteiger partial charge in [-0.05, 0) is 25.5 Å². The first kappa shape index (κ1) is 12.4. The predicted molar refractivity (Wildman–Crippen MR) is 66.9 cm³/mol. The third-order valence-corrected chi connectivity index (χ3v) is 3.29. The molecule has 1 aliphatic rings. The summed E-state index contributed by atoms with van der Waals surface area (Å²) in [5.74, 6) is 0.249. The summed E-state index contributed by atoms with van der Waals surface area (Å²) in [6.45, 7) is 6.82. The Kier molecular flexibility index (Phi) is 3.67. The monoisotopic (exact) mass is 237 g/mol. The normalized spacial score (nSPS) is 22.4. The van der Waals surface area contributed by atoms with Crippen LogP contribution in [0.3, 0.4) is 0 Å². The molecule has 2 rings (SSSR count). The van der Waals surface area contributed by atoms with E-state index in [4.69, 9.17) is 4.74 Å². The first-order chi connectivity index (χ1) is 8.19. The van der Waals surface area contributed by atoms with E-state index in [-0.39, 0.29) is 18.0 Å². The van der Waals surface area contributed by atoms with E-state index in [0.29, 0.717) is 11.3 Å². The van der Waals surface area contributed by atoms with Crippen molar-refractivity contribution < 1.29 is 9.13 Å². The zero-order valence-electron chi connectivity index (χ0n) is 10.7. The molecule has 0 aliphatic carbocycles. The Morgan fingerprint density at radius 2 is 2.12 bits per heavy atom. The van der Waals surface area contributed by atoms with Gasteiger partial charge in [0.25, 0.3) is 0 Å². The first-order valence-corrected chi connectivity index (χ1v) is 6.38. The van der Waals surface area contributed by atoms with Crippen LogP contribution in [0.4, 0.5) is 4.39 Å². The number of aryl methyl sites for hydroxylation is 1. The van der Waals surface area contributed by atoms with Gasteiger partial charge in [0.05, 0.1) is 6.04 Å². The molecule has 2 unspecified atom stereocenters. The summed E-state index contributed by atoms with van der Waals surface area (Å²) in [4.78, 5) is 0. The molecule has 1 aliphatic heterocycles. The minimum atomic E-state index is -0.205. The van der Waals surface area contributed by atoms with E-state index >= 15 is 0 Å². The smallest absolute Gasteiger partial charge is 0.168 e. The molecule has 3 heteroatoms. The van der Waals surface area contributed by atoms with Gasteiger partial charge in [-0.25, -0.2) is 4.39 Å². The lowest BCUT2D eigenvalue weighted by atomic mass is 9.99. The maximum Gasteiger partial charge on any atom is 0.168 e. The molecule has 94 valence electrons. The van der Waals surface area contributed by atoms with Crippen LogP contribution >= 0.6 is 0 Å². The molecule has 0 spiro atoms. The van der Waals surface area contributed by atoms with E-state index in [9.17, 15) is 4.39 Å². The molecule has 1 N–H and O–H groups in total. The minimum Gasteiger partial charge on any atom is -0.485 e. The van der Waals surface area contributed by atoms with Gasteiger partial charge in [0.15, 0.2) is 11.6 Å². The van der Waals surface area contributed by atoms with E-state index in [0.717, 1.165) is 24.9 Å². The van der Waals surface area contributed by atoms with Crippen molar-refractivity contribution in [3.63, 3.8) is 0 Å². The lowest BCUT2D eigenvalue weighted by Gasteiger charge is -2.18. The summed E-state index contributed by atoms with van der Waals surface area (Å²) >= 11 is 0. The van der Waals surface area contributed by atoms with Gasteiger partial charge in [0, 0.05) is 5.56 Å². The molecule has 1 heterocycles. The lowest BCUT2D eigenvalue weighted by molar-refractivity contribution is 0.173. The van der Waals surface area contributed by atoms with Crippen LogP contribution in [0.25, 0.3) is 0 Å². The van der Waals surface area contributed by atoms with E-state index in [1.807, 2.05) is 12.1 Å². The van der Waals surface area contributed by atoms with Gasteiger partial charge in [-0.2, -0.15) is 0 Å². The van der Waals surface area contributed by atoms with Gasteiger partial charge in [-0.15, -0.1) is 0 Å². The summed E-state index contributed by atoms with van der Waals surface area (Å²) in [7, 11) is 0. The average Bonchev–Trinajstić information content (AvgIpc) is 2.65. The van der Waals surface area contributed by atoms with Crippen molar-refractivity contribution in [3.8, 4) is 5.75 Å². The first-order valence-electron chi connectivity index (χ1n) is 6.38. The van der Waals surface area contributed by atoms with Crippen molar-refractivity contribution >= 4 is 0 Å². The molecule has 0 fully saturated rings. The molecule has 2 nitrogen and oxygen atoms in total. The number of hydrogen-bond acceptors (Lipinski definition) is 2. The van der Waals surface area contributed by atoms with E-state index in [1.165, 1.54) is 0 Å². The standard InChI is InChI=1S/C14H20FNO/c1-4-6-11-13(16-5-2)10-8-7-9(3)12(15)14(10)17-11/h7-8,11,13,16H,4-6H2,1-3H3. The Hall–Kier alpha value is -1.09. The highest BCUT2D eigenvalue weighted by Crippen LogP contribution is 2.40. The Bertz CT molecular complexity index is 405. The highest BCUT2D eigenvalue weighted by atomic mass is 19.1. The molecule has 0 aromatic heterocycles. The molecule has 0 saturated carbocycles. The van der Waals surface area contributed by atoms with Crippen molar-refractivity contribution in [2.75, 3.05) is 6.54 Å². The van der Waals surface area contributed by atoms with Crippen LogP contribution in [0.1, 0.15) is 43.9 Å². The van der Waals surface area contributed by atoms with Crippen LogP contribution in [0.2, 0.25) is 0 Å². The molecule has 1 aromatic rings. The highest BCUT2D eigenvalue weighted by Gasteiger charge is 2.35. The molecule has 0 radical (unpaired) electrons. The van der Waals surface area contributed by atoms with Crippen LogP contribution in [0.5, 0.6) is 5.75 Å². The van der Waals surface area contributed by atoms with Gasteiger partial charge >= 0.3 is 0 Å². The Balaban J connectivity index is 2.35. The number of hydrogen-bond donors (Lipinski definition) is 1. The number of fused-ring (bicyclic) bond motifs is 1. The largest absolute Gasteiger partial charge is 0.485 e. The molecule has 0 saturated heterocycles. The molecule has 2 atom stereocenters. The molecular weight excluding hydrogens is 217 g/mol. The van der Waals surface area contributed by atoms with E-state index in [1.54, 1.807) is 6.92 Å². The summed E-state index contributed by atoms with van der Waals surface area (Å²) in [5, 5.41) is 3.39. The maximum atomic E-state index is 14.0. The number of halogens is 1. The summed E-state index contributed by atoms with van der Waals surface area (Å²) in [5.41, 5.74) is 1.62. The number of rotatable bonds is 4. The highest BCUT2D eigenvalue weighted by molar-refractivity contribution is 5.44.